The maximum atomic E-state index is 12.4. The molecule has 2 heterocycles. The van der Waals surface area contributed by atoms with Gasteiger partial charge in [-0.2, -0.15) is 0 Å². The standard InChI is InChI=1S/C18H34N4O3/c1-16-4-7-22(8-5-16)18(24)15-21-11-9-20(10-12-21)14-17(23)19-6-3-13-25-2/h16H,3-15H2,1-2H3,(H,19,23). The Morgan fingerprint density at radius 2 is 1.60 bits per heavy atom. The molecule has 0 unspecified atom stereocenters. The SMILES string of the molecule is COCCCNC(=O)CN1CCN(CC(=O)N2CCC(C)CC2)CC1. The number of piperidine rings is 1. The molecule has 7 nitrogen and oxygen atoms in total. The average molecular weight is 354 g/mol. The van der Waals surface area contributed by atoms with Gasteiger partial charge in [0.1, 0.15) is 0 Å². The first-order chi connectivity index (χ1) is 12.1. The van der Waals surface area contributed by atoms with E-state index in [1.165, 1.54) is 0 Å². The molecule has 25 heavy (non-hydrogen) atoms. The van der Waals surface area contributed by atoms with Gasteiger partial charge in [0, 0.05) is 59.5 Å². The van der Waals surface area contributed by atoms with E-state index in [1.54, 1.807) is 7.11 Å². The number of amides is 2. The summed E-state index contributed by atoms with van der Waals surface area (Å²) in [5.74, 6) is 1.08. The second kappa shape index (κ2) is 10.7. The molecule has 0 bridgehead atoms. The van der Waals surface area contributed by atoms with E-state index in [4.69, 9.17) is 4.74 Å². The molecule has 2 saturated heterocycles. The van der Waals surface area contributed by atoms with Crippen LogP contribution in [0.2, 0.25) is 0 Å². The summed E-state index contributed by atoms with van der Waals surface area (Å²) in [5.41, 5.74) is 0. The molecular weight excluding hydrogens is 320 g/mol. The number of carbonyl (C=O) groups is 2. The summed E-state index contributed by atoms with van der Waals surface area (Å²) in [7, 11) is 1.66. The average Bonchev–Trinajstić information content (AvgIpc) is 2.61. The Morgan fingerprint density at radius 3 is 2.20 bits per heavy atom. The summed E-state index contributed by atoms with van der Waals surface area (Å²) in [5, 5.41) is 2.92. The Bertz CT molecular complexity index is 417. The molecule has 0 spiro atoms. The molecule has 2 rings (SSSR count). The molecule has 2 aliphatic heterocycles. The lowest BCUT2D eigenvalue weighted by Gasteiger charge is -2.36. The third-order valence-corrected chi connectivity index (χ3v) is 5.17. The van der Waals surface area contributed by atoms with Crippen molar-refractivity contribution in [1.29, 1.82) is 0 Å². The zero-order valence-electron chi connectivity index (χ0n) is 15.8. The molecule has 7 heteroatoms. The van der Waals surface area contributed by atoms with E-state index in [0.29, 0.717) is 26.2 Å². The van der Waals surface area contributed by atoms with Gasteiger partial charge < -0.3 is 15.0 Å². The fourth-order valence-corrected chi connectivity index (χ4v) is 3.36. The monoisotopic (exact) mass is 354 g/mol. The van der Waals surface area contributed by atoms with Gasteiger partial charge in [-0.15, -0.1) is 0 Å². The highest BCUT2D eigenvalue weighted by atomic mass is 16.5. The summed E-state index contributed by atoms with van der Waals surface area (Å²) in [6, 6.07) is 0. The molecular formula is C18H34N4O3. The second-order valence-electron chi connectivity index (χ2n) is 7.31. The molecule has 0 radical (unpaired) electrons. The largest absolute Gasteiger partial charge is 0.385 e. The highest BCUT2D eigenvalue weighted by molar-refractivity contribution is 5.78. The van der Waals surface area contributed by atoms with Crippen molar-refractivity contribution in [3.8, 4) is 0 Å². The Labute approximate surface area is 151 Å². The van der Waals surface area contributed by atoms with Crippen LogP contribution in [0.1, 0.15) is 26.2 Å². The Balaban J connectivity index is 1.59. The fourth-order valence-electron chi connectivity index (χ4n) is 3.36. The van der Waals surface area contributed by atoms with E-state index in [-0.39, 0.29) is 11.8 Å². The molecule has 0 aromatic carbocycles. The molecule has 0 aromatic heterocycles. The van der Waals surface area contributed by atoms with Crippen molar-refractivity contribution in [1.82, 2.24) is 20.0 Å². The maximum absolute atomic E-state index is 12.4. The van der Waals surface area contributed by atoms with E-state index >= 15 is 0 Å². The predicted octanol–water partition coefficient (Wildman–Crippen LogP) is 0.0152. The summed E-state index contributed by atoms with van der Waals surface area (Å²) in [6.07, 6.45) is 3.09. The van der Waals surface area contributed by atoms with Crippen LogP contribution >= 0.6 is 0 Å². The number of rotatable bonds is 8. The molecule has 2 aliphatic rings. The first kappa shape index (κ1) is 20.1. The third-order valence-electron chi connectivity index (χ3n) is 5.17. The van der Waals surface area contributed by atoms with E-state index in [2.05, 4.69) is 22.0 Å². The van der Waals surface area contributed by atoms with Crippen LogP contribution < -0.4 is 5.32 Å². The van der Waals surface area contributed by atoms with Gasteiger partial charge in [0.15, 0.2) is 0 Å². The number of nitrogens with zero attached hydrogens (tertiary/aromatic N) is 3. The highest BCUT2D eigenvalue weighted by Gasteiger charge is 2.24. The number of ether oxygens (including phenoxy) is 1. The minimum Gasteiger partial charge on any atom is -0.385 e. The maximum Gasteiger partial charge on any atom is 0.236 e. The first-order valence-corrected chi connectivity index (χ1v) is 9.56. The topological polar surface area (TPSA) is 65.1 Å². The lowest BCUT2D eigenvalue weighted by atomic mass is 9.99. The highest BCUT2D eigenvalue weighted by Crippen LogP contribution is 2.16. The number of likely N-dealkylation sites (tertiary alicyclic amines) is 1. The molecule has 0 atom stereocenters. The third kappa shape index (κ3) is 7.30. The lowest BCUT2D eigenvalue weighted by Crippen LogP contribution is -2.52. The number of nitrogens with one attached hydrogen (secondary N) is 1. The summed E-state index contributed by atoms with van der Waals surface area (Å²) < 4.78 is 4.97. The van der Waals surface area contributed by atoms with Gasteiger partial charge >= 0.3 is 0 Å². The number of hydrogen-bond acceptors (Lipinski definition) is 5. The van der Waals surface area contributed by atoms with Gasteiger partial charge in [-0.25, -0.2) is 0 Å². The smallest absolute Gasteiger partial charge is 0.236 e. The zero-order valence-corrected chi connectivity index (χ0v) is 15.8. The molecule has 2 fully saturated rings. The van der Waals surface area contributed by atoms with Crippen molar-refractivity contribution in [3.63, 3.8) is 0 Å². The molecule has 0 aliphatic carbocycles. The lowest BCUT2D eigenvalue weighted by molar-refractivity contribution is -0.134. The molecule has 2 amide bonds. The zero-order chi connectivity index (χ0) is 18.1. The normalized spacial score (nSPS) is 20.6. The van der Waals surface area contributed by atoms with Gasteiger partial charge in [-0.3, -0.25) is 19.4 Å². The van der Waals surface area contributed by atoms with Crippen LogP contribution in [0.3, 0.4) is 0 Å². The summed E-state index contributed by atoms with van der Waals surface area (Å²) in [4.78, 5) is 30.7. The summed E-state index contributed by atoms with van der Waals surface area (Å²) in [6.45, 7) is 9.76. The van der Waals surface area contributed by atoms with Crippen LogP contribution in [0, 0.1) is 5.92 Å². The van der Waals surface area contributed by atoms with Gasteiger partial charge in [0.25, 0.3) is 0 Å². The predicted molar refractivity (Wildman–Crippen MR) is 97.4 cm³/mol. The van der Waals surface area contributed by atoms with Crippen molar-refractivity contribution in [2.45, 2.75) is 26.2 Å². The van der Waals surface area contributed by atoms with E-state index in [9.17, 15) is 9.59 Å². The van der Waals surface area contributed by atoms with Crippen molar-refractivity contribution in [2.24, 2.45) is 5.92 Å². The number of carbonyl (C=O) groups excluding carboxylic acids is 2. The van der Waals surface area contributed by atoms with Crippen LogP contribution in [-0.2, 0) is 14.3 Å². The Morgan fingerprint density at radius 1 is 1.00 bits per heavy atom. The molecule has 0 aromatic rings. The second-order valence-corrected chi connectivity index (χ2v) is 7.31. The molecule has 144 valence electrons. The van der Waals surface area contributed by atoms with Gasteiger partial charge in [-0.1, -0.05) is 6.92 Å². The molecule has 0 saturated carbocycles. The number of methoxy groups -OCH3 is 1. The van der Waals surface area contributed by atoms with Crippen molar-refractivity contribution in [3.05, 3.63) is 0 Å². The van der Waals surface area contributed by atoms with E-state index < -0.39 is 0 Å². The number of piperazine rings is 1. The van der Waals surface area contributed by atoms with Crippen molar-refractivity contribution >= 4 is 11.8 Å². The van der Waals surface area contributed by atoms with Gasteiger partial charge in [-0.05, 0) is 25.2 Å². The first-order valence-electron chi connectivity index (χ1n) is 9.56. The van der Waals surface area contributed by atoms with Gasteiger partial charge in [0.2, 0.25) is 11.8 Å². The van der Waals surface area contributed by atoms with Crippen LogP contribution in [0.5, 0.6) is 0 Å². The van der Waals surface area contributed by atoms with Crippen LogP contribution in [0.4, 0.5) is 0 Å². The van der Waals surface area contributed by atoms with E-state index in [0.717, 1.165) is 64.4 Å². The number of hydrogen-bond donors (Lipinski definition) is 1. The quantitative estimate of drug-likeness (QED) is 0.623. The Hall–Kier alpha value is -1.18. The van der Waals surface area contributed by atoms with Crippen LogP contribution in [0.15, 0.2) is 0 Å². The van der Waals surface area contributed by atoms with Gasteiger partial charge in [0.05, 0.1) is 13.1 Å². The Kier molecular flexibility index (Phi) is 8.64. The van der Waals surface area contributed by atoms with Crippen LogP contribution in [-0.4, -0.2) is 99.1 Å². The minimum absolute atomic E-state index is 0.0723. The van der Waals surface area contributed by atoms with Crippen molar-refractivity contribution < 1.29 is 14.3 Å². The molecule has 1 N–H and O–H groups in total. The van der Waals surface area contributed by atoms with Crippen LogP contribution in [0.25, 0.3) is 0 Å². The fraction of sp³-hybridized carbons (Fsp3) is 0.889. The summed E-state index contributed by atoms with van der Waals surface area (Å²) >= 11 is 0. The minimum atomic E-state index is 0.0723. The van der Waals surface area contributed by atoms with E-state index in [1.807, 2.05) is 4.90 Å². The van der Waals surface area contributed by atoms with Crippen molar-refractivity contribution in [2.75, 3.05) is 72.6 Å².